The van der Waals surface area contributed by atoms with E-state index in [4.69, 9.17) is 0 Å². The molecular weight excluding hydrogens is 366 g/mol. The quantitative estimate of drug-likeness (QED) is 0.592. The average Bonchev–Trinajstić information content (AvgIpc) is 2.70. The zero-order valence-corrected chi connectivity index (χ0v) is 17.1. The fraction of sp³-hybridized carbons (Fsp3) is 0.522. The van der Waals surface area contributed by atoms with Crippen LogP contribution in [-0.2, 0) is 9.59 Å². The molecule has 1 saturated heterocycles. The molecule has 1 aliphatic carbocycles. The number of amides is 2. The van der Waals surface area contributed by atoms with Gasteiger partial charge in [-0.1, -0.05) is 38.1 Å². The molecule has 0 spiro atoms. The highest BCUT2D eigenvalue weighted by atomic mass is 16.3. The Morgan fingerprint density at radius 1 is 1.24 bits per heavy atom. The number of carbonyl (C=O) groups is 2. The molecule has 154 valence electrons. The van der Waals surface area contributed by atoms with Crippen molar-refractivity contribution in [3.05, 3.63) is 41.0 Å². The summed E-state index contributed by atoms with van der Waals surface area (Å²) in [6, 6.07) is 9.86. The van der Waals surface area contributed by atoms with Gasteiger partial charge in [0.2, 0.25) is 0 Å². The van der Waals surface area contributed by atoms with E-state index >= 15 is 0 Å². The summed E-state index contributed by atoms with van der Waals surface area (Å²) in [6.45, 7) is 5.20. The van der Waals surface area contributed by atoms with Crippen LogP contribution >= 0.6 is 0 Å². The molecule has 0 aromatic heterocycles. The number of aliphatic hydroxyl groups is 1. The Kier molecular flexibility index (Phi) is 6.39. The second kappa shape index (κ2) is 8.79. The van der Waals surface area contributed by atoms with E-state index < -0.39 is 5.60 Å². The van der Waals surface area contributed by atoms with E-state index in [2.05, 4.69) is 19.2 Å². The molecule has 6 nitrogen and oxygen atoms in total. The number of likely N-dealkylation sites (tertiary alicyclic amines) is 1. The number of hydrogen-bond acceptors (Lipinski definition) is 4. The number of nitrogens with one attached hydrogen (secondary N) is 1. The molecule has 2 N–H and O–H groups in total. The van der Waals surface area contributed by atoms with E-state index in [0.29, 0.717) is 44.7 Å². The summed E-state index contributed by atoms with van der Waals surface area (Å²) >= 11 is 0. The number of nitrogens with zero attached hydrogens (tertiary/aromatic N) is 2. The van der Waals surface area contributed by atoms with Gasteiger partial charge in [-0.15, -0.1) is 0 Å². The normalized spacial score (nSPS) is 19.4. The zero-order chi connectivity index (χ0) is 21.0. The van der Waals surface area contributed by atoms with Crippen molar-refractivity contribution >= 4 is 17.9 Å². The highest BCUT2D eigenvalue weighted by Gasteiger charge is 2.42. The molecule has 29 heavy (non-hydrogen) atoms. The number of piperidine rings is 1. The molecule has 1 aliphatic heterocycles. The summed E-state index contributed by atoms with van der Waals surface area (Å²) in [6.07, 6.45) is 4.78. The van der Waals surface area contributed by atoms with Crippen LogP contribution in [-0.4, -0.2) is 46.6 Å². The Labute approximate surface area is 172 Å². The standard InChI is InChI=1S/C23H29N3O3/c1-16(2)18-6-4-17(5-7-18)14-19(15-24)21(27)26-12-8-20(9-13-26)25-22(28)23(29)10-3-11-23/h4-7,14,16,20,29H,3,8-13H2,1-2H3,(H,25,28)/b19-14+. The van der Waals surface area contributed by atoms with Crippen LogP contribution in [0.1, 0.15) is 63.0 Å². The second-order valence-corrected chi connectivity index (χ2v) is 8.42. The monoisotopic (exact) mass is 395 g/mol. The van der Waals surface area contributed by atoms with Crippen molar-refractivity contribution in [2.45, 2.75) is 63.5 Å². The second-order valence-electron chi connectivity index (χ2n) is 8.42. The first-order valence-corrected chi connectivity index (χ1v) is 10.4. The Morgan fingerprint density at radius 3 is 2.34 bits per heavy atom. The van der Waals surface area contributed by atoms with Gasteiger partial charge in [-0.25, -0.2) is 0 Å². The summed E-state index contributed by atoms with van der Waals surface area (Å²) < 4.78 is 0. The van der Waals surface area contributed by atoms with Gasteiger partial charge in [0.05, 0.1) is 0 Å². The first-order valence-electron chi connectivity index (χ1n) is 10.4. The molecule has 0 radical (unpaired) electrons. The fourth-order valence-corrected chi connectivity index (χ4v) is 3.74. The zero-order valence-electron chi connectivity index (χ0n) is 17.1. The lowest BCUT2D eigenvalue weighted by molar-refractivity contribution is -0.149. The number of carbonyl (C=O) groups excluding carboxylic acids is 2. The van der Waals surface area contributed by atoms with E-state index in [9.17, 15) is 20.0 Å². The van der Waals surface area contributed by atoms with Gasteiger partial charge < -0.3 is 15.3 Å². The van der Waals surface area contributed by atoms with E-state index in [-0.39, 0.29) is 23.4 Å². The predicted octanol–water partition coefficient (Wildman–Crippen LogP) is 2.74. The Balaban J connectivity index is 1.57. The van der Waals surface area contributed by atoms with Crippen molar-refractivity contribution in [2.75, 3.05) is 13.1 Å². The third-order valence-electron chi connectivity index (χ3n) is 5.99. The molecule has 1 aromatic rings. The summed E-state index contributed by atoms with van der Waals surface area (Å²) in [7, 11) is 0. The van der Waals surface area contributed by atoms with Crippen LogP contribution in [0.3, 0.4) is 0 Å². The molecule has 0 unspecified atom stereocenters. The van der Waals surface area contributed by atoms with Crippen molar-refractivity contribution in [2.24, 2.45) is 0 Å². The smallest absolute Gasteiger partial charge is 0.264 e. The lowest BCUT2D eigenvalue weighted by Crippen LogP contribution is -2.56. The molecule has 3 rings (SSSR count). The number of hydrogen-bond donors (Lipinski definition) is 2. The maximum atomic E-state index is 12.8. The summed E-state index contributed by atoms with van der Waals surface area (Å²) in [5, 5.41) is 22.5. The van der Waals surface area contributed by atoms with Gasteiger partial charge in [0.25, 0.3) is 11.8 Å². The Hall–Kier alpha value is -2.65. The van der Waals surface area contributed by atoms with Crippen molar-refractivity contribution < 1.29 is 14.7 Å². The molecule has 1 heterocycles. The number of rotatable bonds is 5. The minimum absolute atomic E-state index is 0.0470. The number of benzene rings is 1. The molecule has 1 aromatic carbocycles. The lowest BCUT2D eigenvalue weighted by atomic mass is 9.79. The Morgan fingerprint density at radius 2 is 1.86 bits per heavy atom. The van der Waals surface area contributed by atoms with Gasteiger partial charge in [0.1, 0.15) is 17.2 Å². The van der Waals surface area contributed by atoms with Gasteiger partial charge in [0, 0.05) is 19.1 Å². The molecule has 2 fully saturated rings. The van der Waals surface area contributed by atoms with Crippen LogP contribution in [0.25, 0.3) is 6.08 Å². The van der Waals surface area contributed by atoms with Gasteiger partial charge in [0.15, 0.2) is 0 Å². The third-order valence-corrected chi connectivity index (χ3v) is 5.99. The highest BCUT2D eigenvalue weighted by molar-refractivity contribution is 6.01. The third kappa shape index (κ3) is 4.86. The first-order chi connectivity index (χ1) is 13.8. The first kappa shape index (κ1) is 21.1. The summed E-state index contributed by atoms with van der Waals surface area (Å²) in [5.74, 6) is -0.143. The molecular formula is C23H29N3O3. The van der Waals surface area contributed by atoms with Gasteiger partial charge in [-0.3, -0.25) is 9.59 Å². The molecule has 2 aliphatic rings. The molecule has 6 heteroatoms. The maximum absolute atomic E-state index is 12.8. The largest absolute Gasteiger partial charge is 0.380 e. The van der Waals surface area contributed by atoms with Crippen LogP contribution in [0, 0.1) is 11.3 Å². The van der Waals surface area contributed by atoms with E-state index in [1.165, 1.54) is 5.56 Å². The van der Waals surface area contributed by atoms with Gasteiger partial charge in [-0.2, -0.15) is 5.26 Å². The SMILES string of the molecule is CC(C)c1ccc(/C=C(\C#N)C(=O)N2CCC(NC(=O)C3(O)CCC3)CC2)cc1. The van der Waals surface area contributed by atoms with Gasteiger partial charge >= 0.3 is 0 Å². The van der Waals surface area contributed by atoms with Crippen LogP contribution in [0.4, 0.5) is 0 Å². The number of nitriles is 1. The predicted molar refractivity (Wildman–Crippen MR) is 111 cm³/mol. The Bertz CT molecular complexity index is 824. The van der Waals surface area contributed by atoms with Crippen LogP contribution in [0.5, 0.6) is 0 Å². The van der Waals surface area contributed by atoms with Crippen LogP contribution in [0.15, 0.2) is 29.8 Å². The fourth-order valence-electron chi connectivity index (χ4n) is 3.74. The lowest BCUT2D eigenvalue weighted by Gasteiger charge is -2.38. The molecule has 0 bridgehead atoms. The van der Waals surface area contributed by atoms with E-state index in [1.54, 1.807) is 11.0 Å². The molecule has 1 saturated carbocycles. The van der Waals surface area contributed by atoms with Crippen LogP contribution < -0.4 is 5.32 Å². The van der Waals surface area contributed by atoms with Crippen LogP contribution in [0.2, 0.25) is 0 Å². The molecule has 0 atom stereocenters. The van der Waals surface area contributed by atoms with Crippen molar-refractivity contribution in [1.29, 1.82) is 5.26 Å². The average molecular weight is 396 g/mol. The van der Waals surface area contributed by atoms with Crippen molar-refractivity contribution in [3.8, 4) is 6.07 Å². The van der Waals surface area contributed by atoms with E-state index in [1.807, 2.05) is 30.3 Å². The van der Waals surface area contributed by atoms with E-state index in [0.717, 1.165) is 12.0 Å². The maximum Gasteiger partial charge on any atom is 0.264 e. The summed E-state index contributed by atoms with van der Waals surface area (Å²) in [4.78, 5) is 26.6. The summed E-state index contributed by atoms with van der Waals surface area (Å²) in [5.41, 5.74) is 0.959. The van der Waals surface area contributed by atoms with Crippen molar-refractivity contribution in [1.82, 2.24) is 10.2 Å². The van der Waals surface area contributed by atoms with Gasteiger partial charge in [-0.05, 0) is 55.2 Å². The topological polar surface area (TPSA) is 93.4 Å². The van der Waals surface area contributed by atoms with Crippen molar-refractivity contribution in [3.63, 3.8) is 0 Å². The minimum atomic E-state index is -1.20. The minimum Gasteiger partial charge on any atom is -0.380 e. The highest BCUT2D eigenvalue weighted by Crippen LogP contribution is 2.32. The molecule has 2 amide bonds.